The van der Waals surface area contributed by atoms with Crippen LogP contribution in [0.1, 0.15) is 64.6 Å². The predicted octanol–water partition coefficient (Wildman–Crippen LogP) is 3.33. The minimum atomic E-state index is 0.103. The highest BCUT2D eigenvalue weighted by molar-refractivity contribution is 5.94. The number of amides is 1. The first kappa shape index (κ1) is 17.3. The van der Waals surface area contributed by atoms with Crippen LogP contribution in [-0.2, 0) is 19.4 Å². The lowest BCUT2D eigenvalue weighted by molar-refractivity contribution is 0.0604. The lowest BCUT2D eigenvalue weighted by atomic mass is 9.94. The van der Waals surface area contributed by atoms with Crippen LogP contribution >= 0.6 is 0 Å². The average molecular weight is 352 g/mol. The summed E-state index contributed by atoms with van der Waals surface area (Å²) in [6.45, 7) is 1.76. The number of benzene rings is 1. The summed E-state index contributed by atoms with van der Waals surface area (Å²) in [5.74, 6) is 0.103. The van der Waals surface area contributed by atoms with Gasteiger partial charge in [-0.05, 0) is 63.7 Å². The standard InChI is InChI=1S/C21H28N4O/c1-24(2)14-15-9-11-16(12-10-15)19-8-3-4-13-25(19)21(26)20-17-6-5-7-18(17)22-23-20/h9-12,19H,3-8,13-14H2,1-2H3,(H,22,23). The molecule has 5 nitrogen and oxygen atoms in total. The number of carbonyl (C=O) groups excluding carboxylic acids is 1. The monoisotopic (exact) mass is 352 g/mol. The number of aromatic nitrogens is 2. The van der Waals surface area contributed by atoms with Crippen molar-refractivity contribution in [2.75, 3.05) is 20.6 Å². The minimum absolute atomic E-state index is 0.103. The molecule has 1 atom stereocenters. The van der Waals surface area contributed by atoms with Gasteiger partial charge < -0.3 is 9.80 Å². The molecular formula is C21H28N4O. The topological polar surface area (TPSA) is 52.2 Å². The number of hydrogen-bond donors (Lipinski definition) is 1. The zero-order valence-electron chi connectivity index (χ0n) is 15.8. The molecule has 2 aromatic rings. The highest BCUT2D eigenvalue weighted by atomic mass is 16.2. The molecule has 1 aromatic carbocycles. The molecule has 0 saturated carbocycles. The molecule has 5 heteroatoms. The van der Waals surface area contributed by atoms with Crippen LogP contribution in [0.15, 0.2) is 24.3 Å². The Morgan fingerprint density at radius 2 is 2.00 bits per heavy atom. The zero-order chi connectivity index (χ0) is 18.1. The van der Waals surface area contributed by atoms with Crippen LogP contribution in [0.2, 0.25) is 0 Å². The Morgan fingerprint density at radius 3 is 2.77 bits per heavy atom. The first-order chi connectivity index (χ1) is 12.6. The Bertz CT molecular complexity index is 778. The van der Waals surface area contributed by atoms with Crippen LogP contribution in [0.4, 0.5) is 0 Å². The van der Waals surface area contributed by atoms with E-state index in [-0.39, 0.29) is 11.9 Å². The second-order valence-electron chi connectivity index (χ2n) is 7.87. The molecule has 1 aliphatic carbocycles. The summed E-state index contributed by atoms with van der Waals surface area (Å²) in [5.41, 5.74) is 5.52. The number of aromatic amines is 1. The lowest BCUT2D eigenvalue weighted by Crippen LogP contribution is -2.39. The first-order valence-electron chi connectivity index (χ1n) is 9.74. The summed E-state index contributed by atoms with van der Waals surface area (Å²) in [6, 6.07) is 8.95. The quantitative estimate of drug-likeness (QED) is 0.918. The summed E-state index contributed by atoms with van der Waals surface area (Å²) < 4.78 is 0. The summed E-state index contributed by atoms with van der Waals surface area (Å²) in [7, 11) is 4.16. The maximum atomic E-state index is 13.3. The summed E-state index contributed by atoms with van der Waals surface area (Å²) >= 11 is 0. The van der Waals surface area contributed by atoms with Crippen molar-refractivity contribution < 1.29 is 4.79 Å². The van der Waals surface area contributed by atoms with Gasteiger partial charge in [0.2, 0.25) is 0 Å². The highest BCUT2D eigenvalue weighted by Crippen LogP contribution is 2.33. The Balaban J connectivity index is 1.57. The van der Waals surface area contributed by atoms with Crippen molar-refractivity contribution in [3.8, 4) is 0 Å². The molecule has 1 aliphatic heterocycles. The van der Waals surface area contributed by atoms with Gasteiger partial charge in [-0.2, -0.15) is 5.10 Å². The molecule has 2 heterocycles. The van der Waals surface area contributed by atoms with Crippen molar-refractivity contribution in [1.82, 2.24) is 20.0 Å². The van der Waals surface area contributed by atoms with Crippen molar-refractivity contribution in [2.45, 2.75) is 51.1 Å². The van der Waals surface area contributed by atoms with Crippen LogP contribution < -0.4 is 0 Å². The Hall–Kier alpha value is -2.14. The van der Waals surface area contributed by atoms with E-state index in [1.54, 1.807) is 0 Å². The summed E-state index contributed by atoms with van der Waals surface area (Å²) in [5, 5.41) is 7.45. The van der Waals surface area contributed by atoms with E-state index in [0.717, 1.165) is 56.5 Å². The van der Waals surface area contributed by atoms with Crippen molar-refractivity contribution in [1.29, 1.82) is 0 Å². The van der Waals surface area contributed by atoms with Crippen LogP contribution in [0, 0.1) is 0 Å². The molecule has 1 saturated heterocycles. The normalized spacial score (nSPS) is 19.8. The third kappa shape index (κ3) is 3.28. The van der Waals surface area contributed by atoms with Crippen LogP contribution in [0.5, 0.6) is 0 Å². The maximum Gasteiger partial charge on any atom is 0.275 e. The van der Waals surface area contributed by atoms with Crippen molar-refractivity contribution in [3.05, 3.63) is 52.3 Å². The van der Waals surface area contributed by atoms with E-state index < -0.39 is 0 Å². The number of piperidine rings is 1. The zero-order valence-corrected chi connectivity index (χ0v) is 15.8. The fourth-order valence-corrected chi connectivity index (χ4v) is 4.36. The van der Waals surface area contributed by atoms with Gasteiger partial charge in [0.25, 0.3) is 5.91 Å². The number of nitrogens with one attached hydrogen (secondary N) is 1. The van der Waals surface area contributed by atoms with Gasteiger partial charge in [-0.3, -0.25) is 9.89 Å². The Labute approximate surface area is 155 Å². The number of aryl methyl sites for hydroxylation is 1. The third-order valence-electron chi connectivity index (χ3n) is 5.64. The highest BCUT2D eigenvalue weighted by Gasteiger charge is 2.32. The van der Waals surface area contributed by atoms with Gasteiger partial charge in [-0.15, -0.1) is 0 Å². The number of rotatable bonds is 4. The molecule has 1 unspecified atom stereocenters. The average Bonchev–Trinajstić information content (AvgIpc) is 3.25. The summed E-state index contributed by atoms with van der Waals surface area (Å²) in [4.78, 5) is 17.5. The second kappa shape index (κ2) is 7.23. The van der Waals surface area contributed by atoms with E-state index in [2.05, 4.69) is 58.4 Å². The predicted molar refractivity (Wildman–Crippen MR) is 102 cm³/mol. The molecule has 1 fully saturated rings. The van der Waals surface area contributed by atoms with Gasteiger partial charge in [0.05, 0.1) is 6.04 Å². The summed E-state index contributed by atoms with van der Waals surface area (Å²) in [6.07, 6.45) is 6.41. The number of nitrogens with zero attached hydrogens (tertiary/aromatic N) is 3. The van der Waals surface area contributed by atoms with Crippen molar-refractivity contribution >= 4 is 5.91 Å². The molecule has 0 bridgehead atoms. The minimum Gasteiger partial charge on any atom is -0.330 e. The molecule has 4 rings (SSSR count). The molecule has 26 heavy (non-hydrogen) atoms. The maximum absolute atomic E-state index is 13.3. The molecule has 0 spiro atoms. The molecule has 0 radical (unpaired) electrons. The number of fused-ring (bicyclic) bond motifs is 1. The van der Waals surface area contributed by atoms with E-state index >= 15 is 0 Å². The fourth-order valence-electron chi connectivity index (χ4n) is 4.36. The van der Waals surface area contributed by atoms with Gasteiger partial charge in [-0.1, -0.05) is 24.3 Å². The van der Waals surface area contributed by atoms with Crippen LogP contribution in [0.3, 0.4) is 0 Å². The third-order valence-corrected chi connectivity index (χ3v) is 5.64. The smallest absolute Gasteiger partial charge is 0.275 e. The molecule has 2 aliphatic rings. The van der Waals surface area contributed by atoms with E-state index in [1.807, 2.05) is 0 Å². The van der Waals surface area contributed by atoms with Gasteiger partial charge in [0.15, 0.2) is 5.69 Å². The second-order valence-corrected chi connectivity index (χ2v) is 7.87. The SMILES string of the molecule is CN(C)Cc1ccc(C2CCCCN2C(=O)c2n[nH]c3c2CCC3)cc1. The largest absolute Gasteiger partial charge is 0.330 e. The van der Waals surface area contributed by atoms with Gasteiger partial charge in [-0.25, -0.2) is 0 Å². The van der Waals surface area contributed by atoms with E-state index in [1.165, 1.54) is 17.5 Å². The van der Waals surface area contributed by atoms with E-state index in [9.17, 15) is 4.79 Å². The van der Waals surface area contributed by atoms with Crippen molar-refractivity contribution in [2.24, 2.45) is 0 Å². The number of carbonyl (C=O) groups is 1. The van der Waals surface area contributed by atoms with E-state index in [4.69, 9.17) is 0 Å². The van der Waals surface area contributed by atoms with Gasteiger partial charge in [0.1, 0.15) is 0 Å². The van der Waals surface area contributed by atoms with E-state index in [0.29, 0.717) is 5.69 Å². The fraction of sp³-hybridized carbons (Fsp3) is 0.524. The number of hydrogen-bond acceptors (Lipinski definition) is 3. The van der Waals surface area contributed by atoms with Gasteiger partial charge >= 0.3 is 0 Å². The molecule has 1 amide bonds. The molecule has 1 N–H and O–H groups in total. The van der Waals surface area contributed by atoms with Crippen molar-refractivity contribution in [3.63, 3.8) is 0 Å². The van der Waals surface area contributed by atoms with Crippen LogP contribution in [-0.4, -0.2) is 46.5 Å². The Kier molecular flexibility index (Phi) is 4.81. The number of H-pyrrole nitrogens is 1. The lowest BCUT2D eigenvalue weighted by Gasteiger charge is -2.36. The Morgan fingerprint density at radius 1 is 1.19 bits per heavy atom. The van der Waals surface area contributed by atoms with Gasteiger partial charge in [0, 0.05) is 24.3 Å². The molecule has 1 aromatic heterocycles. The molecule has 138 valence electrons. The molecular weight excluding hydrogens is 324 g/mol. The number of likely N-dealkylation sites (tertiary alicyclic amines) is 1. The first-order valence-corrected chi connectivity index (χ1v) is 9.74. The van der Waals surface area contributed by atoms with Crippen LogP contribution in [0.25, 0.3) is 0 Å².